The fraction of sp³-hybridized carbons (Fsp3) is 0.667. The molecule has 0 bridgehead atoms. The predicted molar refractivity (Wildman–Crippen MR) is 86.8 cm³/mol. The summed E-state index contributed by atoms with van der Waals surface area (Å²) in [5.41, 5.74) is 7.80. The Morgan fingerprint density at radius 1 is 1.20 bits per heavy atom. The highest BCUT2D eigenvalue weighted by molar-refractivity contribution is 5.18. The molecule has 0 amide bonds. The molecule has 2 N–H and O–H groups in total. The smallest absolute Gasteiger partial charge is 0.0369 e. The van der Waals surface area contributed by atoms with Gasteiger partial charge < -0.3 is 5.73 Å². The summed E-state index contributed by atoms with van der Waals surface area (Å²) in [6.07, 6.45) is 6.21. The van der Waals surface area contributed by atoms with Gasteiger partial charge in [-0.25, -0.2) is 0 Å². The Hall–Kier alpha value is -0.860. The number of hydrogen-bond acceptors (Lipinski definition) is 2. The third-order valence-corrected chi connectivity index (χ3v) is 5.10. The first kappa shape index (κ1) is 15.5. The average Bonchev–Trinajstić information content (AvgIpc) is 2.71. The van der Waals surface area contributed by atoms with Crippen molar-refractivity contribution in [1.82, 2.24) is 4.90 Å². The van der Waals surface area contributed by atoms with Gasteiger partial charge in [-0.15, -0.1) is 0 Å². The van der Waals surface area contributed by atoms with Gasteiger partial charge in [-0.05, 0) is 56.7 Å². The van der Waals surface area contributed by atoms with Crippen LogP contribution in [0.15, 0.2) is 30.3 Å². The van der Waals surface area contributed by atoms with Crippen LogP contribution in [0.25, 0.3) is 0 Å². The van der Waals surface area contributed by atoms with Crippen molar-refractivity contribution in [1.29, 1.82) is 0 Å². The summed E-state index contributed by atoms with van der Waals surface area (Å²) in [6.45, 7) is 7.86. The van der Waals surface area contributed by atoms with Crippen molar-refractivity contribution in [3.63, 3.8) is 0 Å². The van der Waals surface area contributed by atoms with Crippen molar-refractivity contribution in [2.45, 2.75) is 51.5 Å². The molecule has 2 nitrogen and oxygen atoms in total. The van der Waals surface area contributed by atoms with Crippen molar-refractivity contribution in [2.75, 3.05) is 19.6 Å². The van der Waals surface area contributed by atoms with Gasteiger partial charge in [0.2, 0.25) is 0 Å². The van der Waals surface area contributed by atoms with E-state index in [0.29, 0.717) is 0 Å². The maximum absolute atomic E-state index is 6.24. The van der Waals surface area contributed by atoms with Crippen LogP contribution >= 0.6 is 0 Å². The van der Waals surface area contributed by atoms with E-state index in [1.165, 1.54) is 37.9 Å². The molecule has 112 valence electrons. The lowest BCUT2D eigenvalue weighted by molar-refractivity contribution is 0.0918. The molecule has 2 rings (SSSR count). The van der Waals surface area contributed by atoms with E-state index in [1.54, 1.807) is 0 Å². The number of benzene rings is 1. The Kier molecular flexibility index (Phi) is 5.62. The normalized spacial score (nSPS) is 24.1. The minimum Gasteiger partial charge on any atom is -0.329 e. The molecule has 20 heavy (non-hydrogen) atoms. The molecular weight excluding hydrogens is 244 g/mol. The number of likely N-dealkylation sites (tertiary alicyclic amines) is 1. The van der Waals surface area contributed by atoms with Crippen LogP contribution in [0.2, 0.25) is 0 Å². The van der Waals surface area contributed by atoms with E-state index in [9.17, 15) is 0 Å². The predicted octanol–water partition coefficient (Wildman–Crippen LogP) is 3.46. The molecule has 0 saturated carbocycles. The van der Waals surface area contributed by atoms with Gasteiger partial charge in [0.15, 0.2) is 0 Å². The second kappa shape index (κ2) is 7.24. The molecule has 0 aliphatic carbocycles. The van der Waals surface area contributed by atoms with Crippen molar-refractivity contribution in [3.05, 3.63) is 35.9 Å². The second-order valence-electron chi connectivity index (χ2n) is 6.47. The molecule has 1 aromatic carbocycles. The van der Waals surface area contributed by atoms with E-state index >= 15 is 0 Å². The molecule has 2 atom stereocenters. The number of nitrogens with zero attached hydrogens (tertiary/aromatic N) is 1. The molecule has 2 heteroatoms. The first-order chi connectivity index (χ1) is 9.70. The zero-order valence-corrected chi connectivity index (χ0v) is 13.1. The highest BCUT2D eigenvalue weighted by Crippen LogP contribution is 2.28. The number of rotatable bonds is 5. The van der Waals surface area contributed by atoms with Crippen LogP contribution in [0.4, 0.5) is 0 Å². The lowest BCUT2D eigenvalue weighted by atomic mass is 9.86. The molecule has 2 unspecified atom stereocenters. The Morgan fingerprint density at radius 2 is 1.95 bits per heavy atom. The fourth-order valence-corrected chi connectivity index (χ4v) is 3.52. The molecular formula is C18H30N2. The quantitative estimate of drug-likeness (QED) is 0.891. The Labute approximate surface area is 124 Å². The largest absolute Gasteiger partial charge is 0.329 e. The van der Waals surface area contributed by atoms with Crippen molar-refractivity contribution in [3.8, 4) is 0 Å². The molecule has 1 heterocycles. The number of nitrogens with two attached hydrogens (primary N) is 1. The third-order valence-electron chi connectivity index (χ3n) is 5.10. The summed E-state index contributed by atoms with van der Waals surface area (Å²) in [5, 5.41) is 0. The van der Waals surface area contributed by atoms with Crippen LogP contribution in [0.5, 0.6) is 0 Å². The third kappa shape index (κ3) is 3.62. The zero-order valence-electron chi connectivity index (χ0n) is 13.1. The molecule has 0 radical (unpaired) electrons. The maximum atomic E-state index is 6.24. The van der Waals surface area contributed by atoms with Gasteiger partial charge in [-0.3, -0.25) is 4.90 Å². The molecule has 1 fully saturated rings. The average molecular weight is 274 g/mol. The first-order valence-corrected chi connectivity index (χ1v) is 8.19. The van der Waals surface area contributed by atoms with Crippen molar-refractivity contribution in [2.24, 2.45) is 11.7 Å². The van der Waals surface area contributed by atoms with E-state index in [0.717, 1.165) is 25.3 Å². The highest BCUT2D eigenvalue weighted by Gasteiger charge is 2.34. The summed E-state index contributed by atoms with van der Waals surface area (Å²) in [6, 6.07) is 10.8. The monoisotopic (exact) mass is 274 g/mol. The van der Waals surface area contributed by atoms with Crippen LogP contribution < -0.4 is 5.73 Å². The van der Waals surface area contributed by atoms with E-state index < -0.39 is 0 Å². The minimum absolute atomic E-state index is 0.144. The topological polar surface area (TPSA) is 29.3 Å². The van der Waals surface area contributed by atoms with Gasteiger partial charge in [-0.2, -0.15) is 0 Å². The van der Waals surface area contributed by atoms with Crippen LogP contribution in [-0.4, -0.2) is 30.1 Å². The lowest BCUT2D eigenvalue weighted by Gasteiger charge is -2.43. The van der Waals surface area contributed by atoms with Crippen molar-refractivity contribution < 1.29 is 0 Å². The van der Waals surface area contributed by atoms with Gasteiger partial charge in [-0.1, -0.05) is 44.2 Å². The van der Waals surface area contributed by atoms with Crippen LogP contribution in [0, 0.1) is 5.92 Å². The maximum Gasteiger partial charge on any atom is 0.0369 e. The van der Waals surface area contributed by atoms with Crippen LogP contribution in [-0.2, 0) is 6.42 Å². The molecule has 1 aromatic rings. The van der Waals surface area contributed by atoms with Gasteiger partial charge in [0.05, 0.1) is 0 Å². The van der Waals surface area contributed by atoms with E-state index in [2.05, 4.69) is 49.1 Å². The molecule has 1 aliphatic heterocycles. The van der Waals surface area contributed by atoms with Crippen LogP contribution in [0.1, 0.15) is 45.1 Å². The van der Waals surface area contributed by atoms with Gasteiger partial charge >= 0.3 is 0 Å². The molecule has 0 spiro atoms. The minimum atomic E-state index is 0.144. The number of hydrogen-bond donors (Lipinski definition) is 1. The summed E-state index contributed by atoms with van der Waals surface area (Å²) in [4.78, 5) is 2.68. The lowest BCUT2D eigenvalue weighted by Crippen LogP contribution is -2.55. The fourth-order valence-electron chi connectivity index (χ4n) is 3.52. The molecule has 1 saturated heterocycles. The van der Waals surface area contributed by atoms with Crippen molar-refractivity contribution >= 4 is 0 Å². The summed E-state index contributed by atoms with van der Waals surface area (Å²) >= 11 is 0. The summed E-state index contributed by atoms with van der Waals surface area (Å²) < 4.78 is 0. The van der Waals surface area contributed by atoms with Gasteiger partial charge in [0, 0.05) is 12.1 Å². The SMILES string of the molecule is CCC(CN)(Cc1ccccc1)N1CCCC(C)CC1. The first-order valence-electron chi connectivity index (χ1n) is 8.19. The van der Waals surface area contributed by atoms with Gasteiger partial charge in [0.25, 0.3) is 0 Å². The zero-order chi connectivity index (χ0) is 14.4. The summed E-state index contributed by atoms with van der Waals surface area (Å²) in [5.74, 6) is 0.865. The molecule has 0 aromatic heterocycles. The van der Waals surface area contributed by atoms with E-state index in [4.69, 9.17) is 5.73 Å². The second-order valence-corrected chi connectivity index (χ2v) is 6.47. The Balaban J connectivity index is 2.15. The molecule has 1 aliphatic rings. The Morgan fingerprint density at radius 3 is 2.60 bits per heavy atom. The van der Waals surface area contributed by atoms with E-state index in [-0.39, 0.29) is 5.54 Å². The van der Waals surface area contributed by atoms with Crippen LogP contribution in [0.3, 0.4) is 0 Å². The standard InChI is InChI=1S/C18H30N2/c1-3-18(15-19,14-17-9-5-4-6-10-17)20-12-7-8-16(2)11-13-20/h4-6,9-10,16H,3,7-8,11-15,19H2,1-2H3. The highest BCUT2D eigenvalue weighted by atomic mass is 15.2. The summed E-state index contributed by atoms with van der Waals surface area (Å²) in [7, 11) is 0. The Bertz CT molecular complexity index is 384. The van der Waals surface area contributed by atoms with E-state index in [1.807, 2.05) is 0 Å². The van der Waals surface area contributed by atoms with Gasteiger partial charge in [0.1, 0.15) is 0 Å².